The second-order valence-electron chi connectivity index (χ2n) is 14.1. The van der Waals surface area contributed by atoms with Crippen molar-refractivity contribution in [2.45, 2.75) is 198 Å². The Balaban J connectivity index is 2.39. The van der Waals surface area contributed by atoms with Crippen molar-refractivity contribution in [2.24, 2.45) is 0 Å². The van der Waals surface area contributed by atoms with Crippen LogP contribution in [0.2, 0.25) is 0 Å². The largest absolute Gasteiger partial charge is 0.462 e. The summed E-state index contributed by atoms with van der Waals surface area (Å²) in [5, 5.41) is 39.9. The van der Waals surface area contributed by atoms with E-state index in [1.165, 1.54) is 44.9 Å². The van der Waals surface area contributed by atoms with E-state index in [-0.39, 0.29) is 26.1 Å². The van der Waals surface area contributed by atoms with Gasteiger partial charge in [-0.15, -0.1) is 0 Å². The van der Waals surface area contributed by atoms with Gasteiger partial charge in [-0.2, -0.15) is 0 Å². The van der Waals surface area contributed by atoms with Crippen LogP contribution >= 0.6 is 0 Å². The molecule has 1 rings (SSSR count). The first-order chi connectivity index (χ1) is 25.3. The average Bonchev–Trinajstić information content (AvgIpc) is 3.14. The first kappa shape index (κ1) is 47.9. The van der Waals surface area contributed by atoms with E-state index in [0.29, 0.717) is 12.8 Å². The number of aliphatic hydroxyl groups is 4. The van der Waals surface area contributed by atoms with Crippen molar-refractivity contribution >= 4 is 11.9 Å². The maximum absolute atomic E-state index is 12.7. The van der Waals surface area contributed by atoms with Crippen molar-refractivity contribution in [3.05, 3.63) is 36.5 Å². The molecule has 6 unspecified atom stereocenters. The molecule has 6 atom stereocenters. The highest BCUT2D eigenvalue weighted by Crippen LogP contribution is 2.22. The van der Waals surface area contributed by atoms with E-state index < -0.39 is 55.4 Å². The monoisotopic (exact) mass is 739 g/mol. The number of hydrogen-bond donors (Lipinski definition) is 4. The van der Waals surface area contributed by atoms with E-state index in [9.17, 15) is 30.0 Å². The number of aliphatic hydroxyl groups excluding tert-OH is 4. The number of rotatable bonds is 33. The third-order valence-electron chi connectivity index (χ3n) is 9.23. The van der Waals surface area contributed by atoms with E-state index in [4.69, 9.17) is 18.9 Å². The number of unbranched alkanes of at least 4 members (excludes halogenated alkanes) is 16. The molecule has 0 radical (unpaired) electrons. The zero-order valence-electron chi connectivity index (χ0n) is 32.6. The lowest BCUT2D eigenvalue weighted by molar-refractivity contribution is -0.305. The maximum atomic E-state index is 12.7. The second kappa shape index (κ2) is 33.5. The molecule has 1 fully saturated rings. The lowest BCUT2D eigenvalue weighted by Gasteiger charge is -2.39. The number of ether oxygens (including phenoxy) is 4. The van der Waals surface area contributed by atoms with Crippen molar-refractivity contribution in [3.63, 3.8) is 0 Å². The number of carbonyl (C=O) groups is 2. The molecule has 0 bridgehead atoms. The van der Waals surface area contributed by atoms with Crippen LogP contribution in [0.15, 0.2) is 36.5 Å². The van der Waals surface area contributed by atoms with Crippen molar-refractivity contribution in [1.82, 2.24) is 0 Å². The van der Waals surface area contributed by atoms with Crippen LogP contribution in [0.25, 0.3) is 0 Å². The van der Waals surface area contributed by atoms with Crippen LogP contribution in [0.4, 0.5) is 0 Å². The van der Waals surface area contributed by atoms with Gasteiger partial charge in [0.2, 0.25) is 0 Å². The number of allylic oxidation sites excluding steroid dienone is 6. The highest BCUT2D eigenvalue weighted by atomic mass is 16.7. The zero-order valence-corrected chi connectivity index (χ0v) is 32.6. The van der Waals surface area contributed by atoms with Crippen LogP contribution in [0.5, 0.6) is 0 Å². The molecule has 1 aliphatic heterocycles. The predicted molar refractivity (Wildman–Crippen MR) is 206 cm³/mol. The van der Waals surface area contributed by atoms with Gasteiger partial charge in [0.25, 0.3) is 0 Å². The normalized spacial score (nSPS) is 21.4. The molecule has 0 aliphatic carbocycles. The molecule has 302 valence electrons. The molecule has 0 spiro atoms. The molecular formula is C42H74O10. The fraction of sp³-hybridized carbons (Fsp3) is 0.810. The molecule has 0 amide bonds. The zero-order chi connectivity index (χ0) is 38.1. The van der Waals surface area contributed by atoms with Gasteiger partial charge < -0.3 is 39.4 Å². The molecular weight excluding hydrogens is 664 g/mol. The molecule has 0 saturated carbocycles. The predicted octanol–water partition coefficient (Wildman–Crippen LogP) is 7.94. The van der Waals surface area contributed by atoms with Crippen LogP contribution in [0.3, 0.4) is 0 Å². The van der Waals surface area contributed by atoms with Crippen LogP contribution in [-0.4, -0.2) is 89.0 Å². The second-order valence-corrected chi connectivity index (χ2v) is 14.1. The fourth-order valence-corrected chi connectivity index (χ4v) is 5.92. The topological polar surface area (TPSA) is 152 Å². The molecule has 10 heteroatoms. The minimum absolute atomic E-state index is 0.212. The Hall–Kier alpha value is -2.08. The standard InChI is InChI=1S/C42H74O10/c1-3-5-7-9-11-13-15-17-19-20-22-24-26-28-30-37(44)49-33-35(34-50-42-41(48)40(47)39(46)36(32-43)52-42)51-38(45)31-29-27-25-23-21-18-16-14-12-10-8-6-4-2/h8,10,14-17,35-36,39-43,46-48H,3-7,9,11-13,18-34H2,1-2H3/b10-8-,16-14-,17-15-. The summed E-state index contributed by atoms with van der Waals surface area (Å²) < 4.78 is 22.1. The minimum Gasteiger partial charge on any atom is -0.462 e. The Bertz CT molecular complexity index is 949. The smallest absolute Gasteiger partial charge is 0.306 e. The van der Waals surface area contributed by atoms with Crippen molar-refractivity contribution in [3.8, 4) is 0 Å². The lowest BCUT2D eigenvalue weighted by atomic mass is 9.99. The highest BCUT2D eigenvalue weighted by Gasteiger charge is 2.44. The molecule has 1 heterocycles. The minimum atomic E-state index is -1.60. The van der Waals surface area contributed by atoms with E-state index in [1.54, 1.807) is 0 Å². The highest BCUT2D eigenvalue weighted by molar-refractivity contribution is 5.70. The Morgan fingerprint density at radius 2 is 1.12 bits per heavy atom. The van der Waals surface area contributed by atoms with Crippen LogP contribution in [0, 0.1) is 0 Å². The Labute approximate surface area is 315 Å². The third-order valence-corrected chi connectivity index (χ3v) is 9.23. The van der Waals surface area contributed by atoms with Gasteiger partial charge in [0.15, 0.2) is 12.4 Å². The van der Waals surface area contributed by atoms with Crippen LogP contribution in [0.1, 0.15) is 162 Å². The van der Waals surface area contributed by atoms with E-state index >= 15 is 0 Å². The molecule has 0 aromatic heterocycles. The van der Waals surface area contributed by atoms with Gasteiger partial charge in [0.1, 0.15) is 31.0 Å². The van der Waals surface area contributed by atoms with Gasteiger partial charge >= 0.3 is 11.9 Å². The first-order valence-corrected chi connectivity index (χ1v) is 20.6. The van der Waals surface area contributed by atoms with Gasteiger partial charge in [-0.25, -0.2) is 0 Å². The van der Waals surface area contributed by atoms with Crippen LogP contribution < -0.4 is 0 Å². The third kappa shape index (κ3) is 25.0. The summed E-state index contributed by atoms with van der Waals surface area (Å²) in [6.45, 7) is 3.31. The van der Waals surface area contributed by atoms with E-state index in [0.717, 1.165) is 77.0 Å². The van der Waals surface area contributed by atoms with Crippen molar-refractivity contribution in [2.75, 3.05) is 19.8 Å². The summed E-state index contributed by atoms with van der Waals surface area (Å²) in [4.78, 5) is 25.2. The van der Waals surface area contributed by atoms with E-state index in [1.807, 2.05) is 0 Å². The Morgan fingerprint density at radius 3 is 1.69 bits per heavy atom. The number of esters is 2. The lowest BCUT2D eigenvalue weighted by Crippen LogP contribution is -2.59. The number of hydrogen-bond acceptors (Lipinski definition) is 10. The Morgan fingerprint density at radius 1 is 0.596 bits per heavy atom. The average molecular weight is 739 g/mol. The maximum Gasteiger partial charge on any atom is 0.306 e. The van der Waals surface area contributed by atoms with Gasteiger partial charge in [-0.05, 0) is 64.2 Å². The molecule has 52 heavy (non-hydrogen) atoms. The number of carbonyl (C=O) groups excluding carboxylic acids is 2. The fourth-order valence-electron chi connectivity index (χ4n) is 5.92. The van der Waals surface area contributed by atoms with Gasteiger partial charge in [0, 0.05) is 12.8 Å². The summed E-state index contributed by atoms with van der Waals surface area (Å²) in [6, 6.07) is 0. The summed E-state index contributed by atoms with van der Waals surface area (Å²) in [5.74, 6) is -0.835. The van der Waals surface area contributed by atoms with Gasteiger partial charge in [-0.3, -0.25) is 9.59 Å². The SMILES string of the molecule is CCC/C=C\C/C=C\CCCCCCCC(=O)OC(COC(=O)CCCCCCC/C=C\CCCCCCC)COC1OC(CO)C(O)C(O)C1O. The molecule has 4 N–H and O–H groups in total. The molecule has 0 aromatic carbocycles. The van der Waals surface area contributed by atoms with Gasteiger partial charge in [0.05, 0.1) is 13.2 Å². The van der Waals surface area contributed by atoms with E-state index in [2.05, 4.69) is 50.3 Å². The van der Waals surface area contributed by atoms with Gasteiger partial charge in [-0.1, -0.05) is 121 Å². The summed E-state index contributed by atoms with van der Waals surface area (Å²) >= 11 is 0. The molecule has 0 aromatic rings. The van der Waals surface area contributed by atoms with Crippen molar-refractivity contribution in [1.29, 1.82) is 0 Å². The quantitative estimate of drug-likeness (QED) is 0.0297. The Kier molecular flexibility index (Phi) is 30.9. The first-order valence-electron chi connectivity index (χ1n) is 20.6. The molecule has 10 nitrogen and oxygen atoms in total. The molecule has 1 saturated heterocycles. The summed E-state index contributed by atoms with van der Waals surface area (Å²) in [6.07, 6.45) is 28.6. The summed E-state index contributed by atoms with van der Waals surface area (Å²) in [7, 11) is 0. The van der Waals surface area contributed by atoms with Crippen molar-refractivity contribution < 1.29 is 49.0 Å². The summed E-state index contributed by atoms with van der Waals surface area (Å²) in [5.41, 5.74) is 0. The van der Waals surface area contributed by atoms with Crippen LogP contribution in [-0.2, 0) is 28.5 Å². The molecule has 1 aliphatic rings.